The van der Waals surface area contributed by atoms with E-state index >= 15 is 0 Å². The summed E-state index contributed by atoms with van der Waals surface area (Å²) in [6, 6.07) is 12.1. The number of rotatable bonds is 4. The van der Waals surface area contributed by atoms with E-state index in [0.717, 1.165) is 36.0 Å². The number of hydrogen-bond donors (Lipinski definition) is 2. The van der Waals surface area contributed by atoms with Crippen LogP contribution in [0.5, 0.6) is 0 Å². The third-order valence-electron chi connectivity index (χ3n) is 6.79. The van der Waals surface area contributed by atoms with E-state index in [2.05, 4.69) is 53.5 Å². The Morgan fingerprint density at radius 3 is 2.82 bits per heavy atom. The minimum Gasteiger partial charge on any atom is -0.358 e. The third kappa shape index (κ3) is 3.37. The van der Waals surface area contributed by atoms with E-state index in [0.29, 0.717) is 11.8 Å². The fraction of sp³-hybridized carbons (Fsp3) is 0.308. The smallest absolute Gasteiger partial charge is 0.250 e. The summed E-state index contributed by atoms with van der Waals surface area (Å²) in [5.41, 5.74) is 6.51. The molecule has 1 atom stereocenters. The Bertz CT molecular complexity index is 1590. The van der Waals surface area contributed by atoms with Crippen molar-refractivity contribution in [2.24, 2.45) is 7.05 Å². The molecule has 172 valence electrons. The second kappa shape index (κ2) is 7.83. The fourth-order valence-corrected chi connectivity index (χ4v) is 4.93. The van der Waals surface area contributed by atoms with E-state index in [1.165, 1.54) is 22.2 Å². The minimum absolute atomic E-state index is 0.0628. The zero-order valence-electron chi connectivity index (χ0n) is 19.5. The molecule has 0 aliphatic heterocycles. The molecule has 1 aliphatic rings. The number of H-pyrrole nitrogens is 1. The van der Waals surface area contributed by atoms with E-state index in [9.17, 15) is 4.79 Å². The molecule has 0 amide bonds. The molecule has 8 nitrogen and oxygen atoms in total. The Balaban J connectivity index is 1.42. The predicted octanol–water partition coefficient (Wildman–Crippen LogP) is 4.06. The van der Waals surface area contributed by atoms with Crippen molar-refractivity contribution >= 4 is 22.5 Å². The van der Waals surface area contributed by atoms with Gasteiger partial charge < -0.3 is 14.9 Å². The van der Waals surface area contributed by atoms with Crippen molar-refractivity contribution in [3.8, 4) is 11.4 Å². The van der Waals surface area contributed by atoms with E-state index in [-0.39, 0.29) is 17.5 Å². The number of hydrogen-bond acceptors (Lipinski definition) is 5. The number of aromatic amines is 1. The van der Waals surface area contributed by atoms with Crippen LogP contribution in [-0.4, -0.2) is 35.2 Å². The van der Waals surface area contributed by atoms with Gasteiger partial charge in [0.1, 0.15) is 0 Å². The first kappa shape index (κ1) is 20.7. The van der Waals surface area contributed by atoms with Crippen LogP contribution in [0.2, 0.25) is 0 Å². The lowest BCUT2D eigenvalue weighted by Crippen LogP contribution is -2.29. The number of aromatic nitrogens is 6. The van der Waals surface area contributed by atoms with Crippen LogP contribution in [0.1, 0.15) is 43.0 Å². The third-order valence-corrected chi connectivity index (χ3v) is 6.79. The summed E-state index contributed by atoms with van der Waals surface area (Å²) < 4.78 is 3.36. The molecule has 0 bridgehead atoms. The summed E-state index contributed by atoms with van der Waals surface area (Å²) in [7, 11) is 1.74. The Morgan fingerprint density at radius 2 is 2.00 bits per heavy atom. The van der Waals surface area contributed by atoms with Gasteiger partial charge in [0.05, 0.1) is 6.20 Å². The number of nitrogens with zero attached hydrogens (tertiary/aromatic N) is 5. The van der Waals surface area contributed by atoms with Crippen LogP contribution in [0.3, 0.4) is 0 Å². The lowest BCUT2D eigenvalue weighted by atomic mass is 9.91. The zero-order valence-corrected chi connectivity index (χ0v) is 19.5. The molecule has 4 heterocycles. The quantitative estimate of drug-likeness (QED) is 0.428. The summed E-state index contributed by atoms with van der Waals surface area (Å²) in [5.74, 6) is 1.53. The van der Waals surface area contributed by atoms with Gasteiger partial charge >= 0.3 is 0 Å². The largest absolute Gasteiger partial charge is 0.358 e. The first-order valence-electron chi connectivity index (χ1n) is 11.8. The van der Waals surface area contributed by atoms with E-state index in [4.69, 9.17) is 9.97 Å². The first-order valence-corrected chi connectivity index (χ1v) is 11.8. The first-order chi connectivity index (χ1) is 16.5. The Morgan fingerprint density at radius 1 is 1.15 bits per heavy atom. The van der Waals surface area contributed by atoms with Gasteiger partial charge in [-0.05, 0) is 42.9 Å². The van der Waals surface area contributed by atoms with Crippen LogP contribution in [0.15, 0.2) is 53.6 Å². The van der Waals surface area contributed by atoms with Crippen molar-refractivity contribution in [1.82, 2.24) is 29.1 Å². The number of pyridine rings is 1. The molecule has 0 unspecified atom stereocenters. The lowest BCUT2D eigenvalue weighted by Gasteiger charge is -2.24. The fourth-order valence-electron chi connectivity index (χ4n) is 4.93. The van der Waals surface area contributed by atoms with E-state index in [1.54, 1.807) is 29.9 Å². The number of aryl methyl sites for hydroxylation is 2. The van der Waals surface area contributed by atoms with Crippen LogP contribution in [0.4, 0.5) is 5.95 Å². The molecule has 0 spiro atoms. The van der Waals surface area contributed by atoms with Gasteiger partial charge in [0.15, 0.2) is 11.5 Å². The number of benzene rings is 1. The molecule has 0 saturated heterocycles. The summed E-state index contributed by atoms with van der Waals surface area (Å²) in [6.45, 7) is 4.27. The van der Waals surface area contributed by atoms with Crippen molar-refractivity contribution in [2.75, 3.05) is 5.32 Å². The molecule has 5 aromatic rings. The van der Waals surface area contributed by atoms with Crippen molar-refractivity contribution in [1.29, 1.82) is 0 Å². The topological polar surface area (TPSA) is 92.9 Å². The Labute approximate surface area is 196 Å². The van der Waals surface area contributed by atoms with Crippen molar-refractivity contribution in [3.63, 3.8) is 0 Å². The van der Waals surface area contributed by atoms with Gasteiger partial charge in [0.2, 0.25) is 11.5 Å². The standard InChI is InChI=1S/C26H27N7O/c1-15(2)20-13-27-33-25(20)30-24(16-8-11-23(34)32(3)14-16)31-26(33)28-17-9-10-22-19(12-17)18-6-4-5-7-21(18)29-22/h4-8,11,13-15,17,29H,9-10,12H2,1-3H3,(H,28,30,31)/t17-/m1/s1. The van der Waals surface area contributed by atoms with Crippen molar-refractivity contribution in [3.05, 3.63) is 76.0 Å². The molecule has 1 aromatic carbocycles. The molecule has 6 rings (SSSR count). The normalized spacial score (nSPS) is 15.8. The maximum absolute atomic E-state index is 11.9. The molecule has 0 radical (unpaired) electrons. The molecule has 8 heteroatoms. The molecule has 2 N–H and O–H groups in total. The highest BCUT2D eigenvalue weighted by Crippen LogP contribution is 2.31. The van der Waals surface area contributed by atoms with Gasteiger partial charge in [-0.3, -0.25) is 4.79 Å². The minimum atomic E-state index is -0.0628. The van der Waals surface area contributed by atoms with Gasteiger partial charge in [-0.15, -0.1) is 0 Å². The molecule has 4 aromatic heterocycles. The molecular formula is C26H27N7O. The van der Waals surface area contributed by atoms with Crippen LogP contribution in [0, 0.1) is 0 Å². The highest BCUT2D eigenvalue weighted by molar-refractivity contribution is 5.85. The summed E-state index contributed by atoms with van der Waals surface area (Å²) >= 11 is 0. The van der Waals surface area contributed by atoms with Gasteiger partial charge in [0, 0.05) is 53.1 Å². The summed E-state index contributed by atoms with van der Waals surface area (Å²) in [6.07, 6.45) is 6.56. The average Bonchev–Trinajstić information content (AvgIpc) is 3.42. The van der Waals surface area contributed by atoms with E-state index in [1.807, 2.05) is 10.7 Å². The molecule has 0 fully saturated rings. The van der Waals surface area contributed by atoms with Crippen LogP contribution in [0.25, 0.3) is 27.9 Å². The SMILES string of the molecule is CC(C)c1cnn2c(N[C@@H]3CCc4[nH]c5ccccc5c4C3)nc(-c3ccc(=O)n(C)c3)nc12. The van der Waals surface area contributed by atoms with Crippen LogP contribution < -0.4 is 10.9 Å². The average molecular weight is 454 g/mol. The van der Waals surface area contributed by atoms with Crippen LogP contribution >= 0.6 is 0 Å². The van der Waals surface area contributed by atoms with Gasteiger partial charge in [-0.1, -0.05) is 32.0 Å². The lowest BCUT2D eigenvalue weighted by molar-refractivity contribution is 0.599. The van der Waals surface area contributed by atoms with Crippen LogP contribution in [-0.2, 0) is 19.9 Å². The summed E-state index contributed by atoms with van der Waals surface area (Å²) in [4.78, 5) is 25.2. The highest BCUT2D eigenvalue weighted by Gasteiger charge is 2.24. The van der Waals surface area contributed by atoms with Gasteiger partial charge in [0.25, 0.3) is 0 Å². The number of anilines is 1. The number of para-hydroxylation sites is 1. The Kier molecular flexibility index (Phi) is 4.76. The Hall–Kier alpha value is -3.94. The van der Waals surface area contributed by atoms with E-state index < -0.39 is 0 Å². The summed E-state index contributed by atoms with van der Waals surface area (Å²) in [5, 5.41) is 9.59. The van der Waals surface area contributed by atoms with Crippen molar-refractivity contribution in [2.45, 2.75) is 45.1 Å². The number of nitrogens with one attached hydrogen (secondary N) is 2. The van der Waals surface area contributed by atoms with Gasteiger partial charge in [-0.25, -0.2) is 4.98 Å². The molecule has 1 aliphatic carbocycles. The monoisotopic (exact) mass is 453 g/mol. The zero-order chi connectivity index (χ0) is 23.4. The molecule has 34 heavy (non-hydrogen) atoms. The number of fused-ring (bicyclic) bond motifs is 4. The van der Waals surface area contributed by atoms with Gasteiger partial charge in [-0.2, -0.15) is 14.6 Å². The predicted molar refractivity (Wildman–Crippen MR) is 133 cm³/mol. The maximum Gasteiger partial charge on any atom is 0.250 e. The molecular weight excluding hydrogens is 426 g/mol. The van der Waals surface area contributed by atoms with Crippen molar-refractivity contribution < 1.29 is 0 Å². The second-order valence-electron chi connectivity index (χ2n) is 9.44. The maximum atomic E-state index is 11.9. The molecule has 0 saturated carbocycles. The second-order valence-corrected chi connectivity index (χ2v) is 9.44. The highest BCUT2D eigenvalue weighted by atomic mass is 16.1.